The zero-order chi connectivity index (χ0) is 16.9. The molecule has 0 N–H and O–H groups in total. The zero-order valence-electron chi connectivity index (χ0n) is 11.8. The maximum absolute atomic E-state index is 12.1. The molecule has 1 aromatic heterocycles. The Labute approximate surface area is 130 Å². The van der Waals surface area contributed by atoms with Crippen molar-refractivity contribution in [1.29, 1.82) is 5.26 Å². The summed E-state index contributed by atoms with van der Waals surface area (Å²) < 4.78 is 40.6. The molecule has 1 atom stereocenters. The summed E-state index contributed by atoms with van der Waals surface area (Å²) in [5.41, 5.74) is 0.0941. The molecule has 1 aromatic rings. The quantitative estimate of drug-likeness (QED) is 0.829. The van der Waals surface area contributed by atoms with E-state index in [1.807, 2.05) is 6.07 Å². The van der Waals surface area contributed by atoms with Gasteiger partial charge in [-0.15, -0.1) is 0 Å². The minimum atomic E-state index is -4.51. The lowest BCUT2D eigenvalue weighted by molar-refractivity contribution is -0.154. The number of pyridine rings is 1. The Morgan fingerprint density at radius 2 is 2.23 bits per heavy atom. The first kappa shape index (κ1) is 18.0. The van der Waals surface area contributed by atoms with Gasteiger partial charge in [0.2, 0.25) is 5.88 Å². The highest BCUT2D eigenvalue weighted by Gasteiger charge is 2.29. The van der Waals surface area contributed by atoms with Gasteiger partial charge in [0.25, 0.3) is 5.91 Å². The van der Waals surface area contributed by atoms with Crippen LogP contribution in [0.3, 0.4) is 0 Å². The van der Waals surface area contributed by atoms with E-state index in [4.69, 9.17) is 16.9 Å². The van der Waals surface area contributed by atoms with Crippen LogP contribution < -0.4 is 4.74 Å². The highest BCUT2D eigenvalue weighted by atomic mass is 35.5. The van der Waals surface area contributed by atoms with Crippen LogP contribution in [0.25, 0.3) is 0 Å². The smallest absolute Gasteiger partial charge is 0.422 e. The normalized spacial score (nSPS) is 12.4. The van der Waals surface area contributed by atoms with Crippen molar-refractivity contribution < 1.29 is 22.7 Å². The molecule has 1 rings (SSSR count). The van der Waals surface area contributed by atoms with Crippen molar-refractivity contribution in [2.45, 2.75) is 25.6 Å². The molecule has 0 saturated carbocycles. The highest BCUT2D eigenvalue weighted by molar-refractivity contribution is 6.32. The van der Waals surface area contributed by atoms with Gasteiger partial charge >= 0.3 is 6.18 Å². The third kappa shape index (κ3) is 5.07. The van der Waals surface area contributed by atoms with Crippen LogP contribution in [-0.2, 0) is 0 Å². The predicted molar refractivity (Wildman–Crippen MR) is 72.6 cm³/mol. The molecule has 0 bridgehead atoms. The molecule has 0 aliphatic carbocycles. The van der Waals surface area contributed by atoms with E-state index in [-0.39, 0.29) is 23.0 Å². The van der Waals surface area contributed by atoms with Crippen LogP contribution >= 0.6 is 11.6 Å². The SMILES string of the molecule is CC(CC#N)N(C)C(=O)c1cnc(OCC(F)(F)F)c(Cl)c1. The fourth-order valence-corrected chi connectivity index (χ4v) is 1.69. The topological polar surface area (TPSA) is 66.2 Å². The lowest BCUT2D eigenvalue weighted by atomic mass is 10.2. The van der Waals surface area contributed by atoms with Crippen LogP contribution in [0.1, 0.15) is 23.7 Å². The second-order valence-electron chi connectivity index (χ2n) is 4.54. The molecule has 0 aromatic carbocycles. The summed E-state index contributed by atoms with van der Waals surface area (Å²) in [4.78, 5) is 17.1. The van der Waals surface area contributed by atoms with E-state index >= 15 is 0 Å². The number of hydrogen-bond donors (Lipinski definition) is 0. The number of ether oxygens (including phenoxy) is 1. The number of alkyl halides is 3. The number of carbonyl (C=O) groups excluding carboxylic acids is 1. The molecule has 9 heteroatoms. The van der Waals surface area contributed by atoms with Crippen LogP contribution in [0.5, 0.6) is 5.88 Å². The van der Waals surface area contributed by atoms with Crippen molar-refractivity contribution in [3.05, 3.63) is 22.8 Å². The second-order valence-corrected chi connectivity index (χ2v) is 4.95. The summed E-state index contributed by atoms with van der Waals surface area (Å²) >= 11 is 5.77. The monoisotopic (exact) mass is 335 g/mol. The van der Waals surface area contributed by atoms with E-state index in [0.717, 1.165) is 6.20 Å². The van der Waals surface area contributed by atoms with Crippen molar-refractivity contribution in [2.24, 2.45) is 0 Å². The lowest BCUT2D eigenvalue weighted by Gasteiger charge is -2.23. The van der Waals surface area contributed by atoms with E-state index in [1.165, 1.54) is 18.0 Å². The summed E-state index contributed by atoms with van der Waals surface area (Å²) in [5.74, 6) is -0.845. The molecular weight excluding hydrogens is 323 g/mol. The number of nitriles is 1. The van der Waals surface area contributed by atoms with Crippen LogP contribution in [0.4, 0.5) is 13.2 Å². The van der Waals surface area contributed by atoms with Crippen molar-refractivity contribution in [3.63, 3.8) is 0 Å². The first-order valence-corrected chi connectivity index (χ1v) is 6.52. The summed E-state index contributed by atoms with van der Waals surface area (Å²) in [7, 11) is 1.51. The Morgan fingerprint density at radius 1 is 1.59 bits per heavy atom. The minimum Gasteiger partial charge on any atom is -0.467 e. The van der Waals surface area contributed by atoms with E-state index in [2.05, 4.69) is 9.72 Å². The number of hydrogen-bond acceptors (Lipinski definition) is 4. The maximum Gasteiger partial charge on any atom is 0.422 e. The lowest BCUT2D eigenvalue weighted by Crippen LogP contribution is -2.34. The summed E-state index contributed by atoms with van der Waals surface area (Å²) in [5, 5.41) is 8.42. The molecule has 1 unspecified atom stereocenters. The van der Waals surface area contributed by atoms with Crippen LogP contribution in [0.2, 0.25) is 5.02 Å². The van der Waals surface area contributed by atoms with Crippen LogP contribution in [-0.4, -0.2) is 41.7 Å². The molecule has 0 saturated heterocycles. The van der Waals surface area contributed by atoms with E-state index < -0.39 is 24.6 Å². The van der Waals surface area contributed by atoms with Gasteiger partial charge in [0.1, 0.15) is 5.02 Å². The zero-order valence-corrected chi connectivity index (χ0v) is 12.6. The Morgan fingerprint density at radius 3 is 2.73 bits per heavy atom. The second kappa shape index (κ2) is 7.31. The Kier molecular flexibility index (Phi) is 6.00. The number of nitrogens with zero attached hydrogens (tertiary/aromatic N) is 3. The predicted octanol–water partition coefficient (Wildman–Crippen LogP) is 3.05. The standard InChI is InChI=1S/C13H13ClF3N3O2/c1-8(3-4-18)20(2)12(21)9-5-10(14)11(19-6-9)22-7-13(15,16)17/h5-6,8H,3,7H2,1-2H3. The van der Waals surface area contributed by atoms with E-state index in [9.17, 15) is 18.0 Å². The Hall–Kier alpha value is -2.01. The molecule has 22 heavy (non-hydrogen) atoms. The largest absolute Gasteiger partial charge is 0.467 e. The third-order valence-corrected chi connectivity index (χ3v) is 3.07. The molecular formula is C13H13ClF3N3O2. The molecule has 120 valence electrons. The summed E-state index contributed by atoms with van der Waals surface area (Å²) in [6, 6.07) is 2.80. The van der Waals surface area contributed by atoms with Gasteiger partial charge in [-0.05, 0) is 13.0 Å². The van der Waals surface area contributed by atoms with Crippen molar-refractivity contribution in [2.75, 3.05) is 13.7 Å². The summed E-state index contributed by atoms with van der Waals surface area (Å²) in [6.45, 7) is 0.170. The fraction of sp³-hybridized carbons (Fsp3) is 0.462. The highest BCUT2D eigenvalue weighted by Crippen LogP contribution is 2.25. The van der Waals surface area contributed by atoms with Gasteiger partial charge in [0, 0.05) is 19.3 Å². The number of halogens is 4. The molecule has 0 fully saturated rings. The third-order valence-electron chi connectivity index (χ3n) is 2.80. The molecule has 0 spiro atoms. The van der Waals surface area contributed by atoms with Crippen molar-refractivity contribution >= 4 is 17.5 Å². The number of aromatic nitrogens is 1. The number of rotatable bonds is 5. The molecule has 1 heterocycles. The average molecular weight is 336 g/mol. The Balaban J connectivity index is 2.84. The first-order chi connectivity index (χ1) is 10.2. The molecule has 5 nitrogen and oxygen atoms in total. The maximum atomic E-state index is 12.1. The van der Waals surface area contributed by atoms with Crippen LogP contribution in [0.15, 0.2) is 12.3 Å². The van der Waals surface area contributed by atoms with Gasteiger partial charge in [0.05, 0.1) is 18.1 Å². The van der Waals surface area contributed by atoms with Gasteiger partial charge in [-0.25, -0.2) is 4.98 Å². The molecule has 0 aliphatic rings. The van der Waals surface area contributed by atoms with Gasteiger partial charge in [-0.1, -0.05) is 11.6 Å². The van der Waals surface area contributed by atoms with Crippen molar-refractivity contribution in [1.82, 2.24) is 9.88 Å². The summed E-state index contributed by atoms with van der Waals surface area (Å²) in [6.07, 6.45) is -3.28. The van der Waals surface area contributed by atoms with Gasteiger partial charge in [0.15, 0.2) is 6.61 Å². The van der Waals surface area contributed by atoms with Gasteiger partial charge < -0.3 is 9.64 Å². The molecule has 0 radical (unpaired) electrons. The minimum absolute atomic E-state index is 0.0941. The van der Waals surface area contributed by atoms with Crippen molar-refractivity contribution in [3.8, 4) is 11.9 Å². The van der Waals surface area contributed by atoms with Gasteiger partial charge in [-0.2, -0.15) is 18.4 Å². The van der Waals surface area contributed by atoms with E-state index in [1.54, 1.807) is 6.92 Å². The number of carbonyl (C=O) groups is 1. The molecule has 1 amide bonds. The van der Waals surface area contributed by atoms with Gasteiger partial charge in [-0.3, -0.25) is 4.79 Å². The molecule has 0 aliphatic heterocycles. The van der Waals surface area contributed by atoms with E-state index in [0.29, 0.717) is 0 Å². The van der Waals surface area contributed by atoms with Crippen LogP contribution in [0, 0.1) is 11.3 Å². The number of amides is 1. The fourth-order valence-electron chi connectivity index (χ4n) is 1.47. The Bertz CT molecular complexity index is 587. The average Bonchev–Trinajstić information content (AvgIpc) is 2.43. The first-order valence-electron chi connectivity index (χ1n) is 6.15.